The molecule has 0 nitrogen and oxygen atoms in total. The standard InChI is InChI=1S/C8H11BrS2/c1-8(2,3)11-6-4-5-10-7(6)9/h4-5H,1-3H3. The van der Waals surface area contributed by atoms with Crippen molar-refractivity contribution in [3.63, 3.8) is 0 Å². The minimum atomic E-state index is 0.309. The van der Waals surface area contributed by atoms with E-state index in [9.17, 15) is 0 Å². The molecule has 0 radical (unpaired) electrons. The fourth-order valence-electron chi connectivity index (χ4n) is 0.683. The van der Waals surface area contributed by atoms with Gasteiger partial charge in [0.2, 0.25) is 0 Å². The highest BCUT2D eigenvalue weighted by molar-refractivity contribution is 9.11. The first-order valence-electron chi connectivity index (χ1n) is 3.41. The van der Waals surface area contributed by atoms with Gasteiger partial charge in [0.05, 0.1) is 3.79 Å². The zero-order valence-corrected chi connectivity index (χ0v) is 10.1. The number of rotatable bonds is 1. The first kappa shape index (κ1) is 9.62. The minimum Gasteiger partial charge on any atom is -0.136 e. The highest BCUT2D eigenvalue weighted by atomic mass is 79.9. The Balaban J connectivity index is 2.72. The molecule has 11 heavy (non-hydrogen) atoms. The smallest absolute Gasteiger partial charge is 0.0834 e. The third kappa shape index (κ3) is 3.18. The van der Waals surface area contributed by atoms with Gasteiger partial charge in [0.1, 0.15) is 0 Å². The van der Waals surface area contributed by atoms with Crippen molar-refractivity contribution in [2.75, 3.05) is 0 Å². The molecule has 1 aromatic rings. The third-order valence-corrected chi connectivity index (χ3v) is 4.25. The second kappa shape index (κ2) is 3.50. The topological polar surface area (TPSA) is 0 Å². The Kier molecular flexibility index (Phi) is 3.06. The van der Waals surface area contributed by atoms with E-state index in [1.54, 1.807) is 11.3 Å². The van der Waals surface area contributed by atoms with Crippen LogP contribution in [-0.4, -0.2) is 4.75 Å². The molecule has 3 heteroatoms. The van der Waals surface area contributed by atoms with Crippen LogP contribution in [0, 0.1) is 0 Å². The van der Waals surface area contributed by atoms with Gasteiger partial charge in [-0.15, -0.1) is 23.1 Å². The molecule has 0 atom stereocenters. The van der Waals surface area contributed by atoms with Crippen molar-refractivity contribution in [2.45, 2.75) is 30.4 Å². The van der Waals surface area contributed by atoms with Gasteiger partial charge in [-0.25, -0.2) is 0 Å². The summed E-state index contributed by atoms with van der Waals surface area (Å²) in [5.74, 6) is 0. The van der Waals surface area contributed by atoms with Gasteiger partial charge in [-0.2, -0.15) is 0 Å². The summed E-state index contributed by atoms with van der Waals surface area (Å²) in [5.41, 5.74) is 0. The number of thioether (sulfide) groups is 1. The predicted octanol–water partition coefficient (Wildman–Crippen LogP) is 4.40. The van der Waals surface area contributed by atoms with Crippen LogP contribution in [0.2, 0.25) is 0 Å². The Hall–Kier alpha value is 0.530. The van der Waals surface area contributed by atoms with Crippen LogP contribution in [0.5, 0.6) is 0 Å². The van der Waals surface area contributed by atoms with Crippen LogP contribution >= 0.6 is 39.0 Å². The van der Waals surface area contributed by atoms with Crippen LogP contribution < -0.4 is 0 Å². The van der Waals surface area contributed by atoms with Gasteiger partial charge in [0, 0.05) is 9.64 Å². The highest BCUT2D eigenvalue weighted by Gasteiger charge is 2.14. The summed E-state index contributed by atoms with van der Waals surface area (Å²) in [6.07, 6.45) is 0. The molecule has 1 aromatic heterocycles. The Bertz CT molecular complexity index is 234. The lowest BCUT2D eigenvalue weighted by atomic mass is 10.3. The Morgan fingerprint density at radius 3 is 2.45 bits per heavy atom. The van der Waals surface area contributed by atoms with E-state index >= 15 is 0 Å². The van der Waals surface area contributed by atoms with Gasteiger partial charge in [0.15, 0.2) is 0 Å². The van der Waals surface area contributed by atoms with Gasteiger partial charge in [-0.1, -0.05) is 20.8 Å². The summed E-state index contributed by atoms with van der Waals surface area (Å²) in [6, 6.07) is 2.16. The van der Waals surface area contributed by atoms with Gasteiger partial charge in [0.25, 0.3) is 0 Å². The fourth-order valence-corrected chi connectivity index (χ4v) is 3.12. The van der Waals surface area contributed by atoms with Crippen molar-refractivity contribution < 1.29 is 0 Å². The molecule has 0 bridgehead atoms. The molecule has 0 spiro atoms. The third-order valence-electron chi connectivity index (χ3n) is 1.00. The fraction of sp³-hybridized carbons (Fsp3) is 0.500. The van der Waals surface area contributed by atoms with Crippen LogP contribution in [0.3, 0.4) is 0 Å². The number of hydrogen-bond acceptors (Lipinski definition) is 2. The van der Waals surface area contributed by atoms with Crippen molar-refractivity contribution in [3.05, 3.63) is 15.2 Å². The number of hydrogen-bond donors (Lipinski definition) is 0. The summed E-state index contributed by atoms with van der Waals surface area (Å²) in [6.45, 7) is 6.67. The lowest BCUT2D eigenvalue weighted by Gasteiger charge is -2.16. The summed E-state index contributed by atoms with van der Waals surface area (Å²) in [4.78, 5) is 1.35. The maximum absolute atomic E-state index is 3.52. The van der Waals surface area contributed by atoms with E-state index in [0.717, 1.165) is 0 Å². The molecule has 0 saturated carbocycles. The zero-order valence-electron chi connectivity index (χ0n) is 6.85. The molecule has 1 heterocycles. The Labute approximate surface area is 84.5 Å². The van der Waals surface area contributed by atoms with Crippen LogP contribution in [0.4, 0.5) is 0 Å². The monoisotopic (exact) mass is 250 g/mol. The highest BCUT2D eigenvalue weighted by Crippen LogP contribution is 2.39. The average molecular weight is 251 g/mol. The van der Waals surface area contributed by atoms with Crippen LogP contribution in [-0.2, 0) is 0 Å². The molecule has 0 aliphatic rings. The molecular formula is C8H11BrS2. The molecule has 0 saturated heterocycles. The second-order valence-electron chi connectivity index (χ2n) is 3.27. The summed E-state index contributed by atoms with van der Waals surface area (Å²) in [7, 11) is 0. The molecular weight excluding hydrogens is 240 g/mol. The molecule has 0 aromatic carbocycles. The van der Waals surface area contributed by atoms with Crippen molar-refractivity contribution in [1.82, 2.24) is 0 Å². The van der Waals surface area contributed by atoms with Gasteiger partial charge in [-0.3, -0.25) is 0 Å². The first-order valence-corrected chi connectivity index (χ1v) is 5.90. The van der Waals surface area contributed by atoms with Crippen molar-refractivity contribution in [1.29, 1.82) is 0 Å². The molecule has 62 valence electrons. The second-order valence-corrected chi connectivity index (χ2v) is 7.38. The van der Waals surface area contributed by atoms with E-state index in [2.05, 4.69) is 48.1 Å². The normalized spacial score (nSPS) is 12.0. The molecule has 0 aliphatic carbocycles. The van der Waals surface area contributed by atoms with E-state index in [1.807, 2.05) is 11.8 Å². The van der Waals surface area contributed by atoms with Crippen molar-refractivity contribution in [3.8, 4) is 0 Å². The molecule has 0 fully saturated rings. The largest absolute Gasteiger partial charge is 0.136 e. The number of thiophene rings is 1. The maximum Gasteiger partial charge on any atom is 0.0834 e. The quantitative estimate of drug-likeness (QED) is 0.666. The average Bonchev–Trinajstić information content (AvgIpc) is 2.12. The SMILES string of the molecule is CC(C)(C)Sc1ccsc1Br. The molecule has 0 unspecified atom stereocenters. The first-order chi connectivity index (χ1) is 4.99. The maximum atomic E-state index is 3.52. The number of halogens is 1. The van der Waals surface area contributed by atoms with Gasteiger partial charge >= 0.3 is 0 Å². The molecule has 1 rings (SSSR count). The van der Waals surface area contributed by atoms with Crippen LogP contribution in [0.1, 0.15) is 20.8 Å². The molecule has 0 amide bonds. The summed E-state index contributed by atoms with van der Waals surface area (Å²) in [5, 5.41) is 2.11. The van der Waals surface area contributed by atoms with Gasteiger partial charge in [-0.05, 0) is 27.4 Å². The van der Waals surface area contributed by atoms with E-state index in [1.165, 1.54) is 8.68 Å². The zero-order chi connectivity index (χ0) is 8.48. The Morgan fingerprint density at radius 1 is 1.45 bits per heavy atom. The summed E-state index contributed by atoms with van der Waals surface area (Å²) < 4.78 is 1.56. The molecule has 0 aliphatic heterocycles. The lowest BCUT2D eigenvalue weighted by Crippen LogP contribution is -2.06. The minimum absolute atomic E-state index is 0.309. The van der Waals surface area contributed by atoms with E-state index in [4.69, 9.17) is 0 Å². The molecule has 0 N–H and O–H groups in total. The van der Waals surface area contributed by atoms with E-state index in [0.29, 0.717) is 4.75 Å². The van der Waals surface area contributed by atoms with Crippen LogP contribution in [0.15, 0.2) is 20.1 Å². The van der Waals surface area contributed by atoms with E-state index in [-0.39, 0.29) is 0 Å². The van der Waals surface area contributed by atoms with Crippen molar-refractivity contribution >= 4 is 39.0 Å². The predicted molar refractivity (Wildman–Crippen MR) is 57.6 cm³/mol. The van der Waals surface area contributed by atoms with Gasteiger partial charge < -0.3 is 0 Å². The summed E-state index contributed by atoms with van der Waals surface area (Å²) >= 11 is 7.16. The Morgan fingerprint density at radius 2 is 2.09 bits per heavy atom. The van der Waals surface area contributed by atoms with E-state index < -0.39 is 0 Å². The lowest BCUT2D eigenvalue weighted by molar-refractivity contribution is 0.803. The van der Waals surface area contributed by atoms with Crippen LogP contribution in [0.25, 0.3) is 0 Å². The van der Waals surface area contributed by atoms with Crippen molar-refractivity contribution in [2.24, 2.45) is 0 Å².